The van der Waals surface area contributed by atoms with Crippen LogP contribution in [0.2, 0.25) is 5.02 Å². The van der Waals surface area contributed by atoms with E-state index in [4.69, 9.17) is 16.7 Å². The average molecular weight is 489 g/mol. The van der Waals surface area contributed by atoms with Gasteiger partial charge in [0, 0.05) is 42.2 Å². The summed E-state index contributed by atoms with van der Waals surface area (Å²) in [4.78, 5) is 13.4. The molecule has 1 aliphatic heterocycles. The predicted molar refractivity (Wildman–Crippen MR) is 140 cm³/mol. The average Bonchev–Trinajstić information content (AvgIpc) is 3.62. The molecule has 0 spiro atoms. The van der Waals surface area contributed by atoms with Crippen LogP contribution in [-0.4, -0.2) is 35.3 Å². The Balaban J connectivity index is 1.24. The molecule has 1 aromatic heterocycles. The minimum absolute atomic E-state index is 0.00595. The highest BCUT2D eigenvalue weighted by Gasteiger charge is 2.35. The van der Waals surface area contributed by atoms with Crippen molar-refractivity contribution in [2.75, 3.05) is 19.6 Å². The highest BCUT2D eigenvalue weighted by atomic mass is 35.5. The molecule has 6 rings (SSSR count). The molecule has 2 heterocycles. The van der Waals surface area contributed by atoms with Crippen molar-refractivity contribution in [2.45, 2.75) is 62.3 Å². The van der Waals surface area contributed by atoms with E-state index in [0.29, 0.717) is 29.1 Å². The van der Waals surface area contributed by atoms with Gasteiger partial charge in [-0.3, -0.25) is 9.48 Å². The van der Waals surface area contributed by atoms with Crippen LogP contribution < -0.4 is 10.6 Å². The highest BCUT2D eigenvalue weighted by molar-refractivity contribution is 6.34. The summed E-state index contributed by atoms with van der Waals surface area (Å²) in [5.41, 5.74) is 5.04. The van der Waals surface area contributed by atoms with Gasteiger partial charge in [0.1, 0.15) is 0 Å². The lowest BCUT2D eigenvalue weighted by Gasteiger charge is -2.38. The van der Waals surface area contributed by atoms with Crippen LogP contribution in [0, 0.1) is 0 Å². The second-order valence-corrected chi connectivity index (χ2v) is 11.0. The number of aromatic nitrogens is 2. The van der Waals surface area contributed by atoms with Crippen molar-refractivity contribution in [1.29, 1.82) is 0 Å². The number of amides is 1. The first-order valence-corrected chi connectivity index (χ1v) is 13.4. The van der Waals surface area contributed by atoms with Crippen LogP contribution in [0.3, 0.4) is 0 Å². The first kappa shape index (κ1) is 22.8. The Morgan fingerprint density at radius 1 is 1.06 bits per heavy atom. The smallest absolute Gasteiger partial charge is 0.252 e. The molecule has 0 bridgehead atoms. The predicted octanol–water partition coefficient (Wildman–Crippen LogP) is 5.86. The van der Waals surface area contributed by atoms with Crippen molar-refractivity contribution in [1.82, 2.24) is 20.4 Å². The van der Waals surface area contributed by atoms with Gasteiger partial charge in [-0.1, -0.05) is 67.3 Å². The molecule has 182 valence electrons. The minimum atomic E-state index is -0.109. The third-order valence-electron chi connectivity index (χ3n) is 8.16. The summed E-state index contributed by atoms with van der Waals surface area (Å²) in [7, 11) is 0. The van der Waals surface area contributed by atoms with Gasteiger partial charge in [-0.25, -0.2) is 0 Å². The highest BCUT2D eigenvalue weighted by Crippen LogP contribution is 2.43. The SMILES string of the molecule is O=C(NCC1(c2ccccc2)CCCCC1)c1cc(-c2cc(C3CC3)n(C3CNC3)n2)ccc1Cl. The Hall–Kier alpha value is -2.63. The van der Waals surface area contributed by atoms with Gasteiger partial charge in [0.05, 0.1) is 22.3 Å². The van der Waals surface area contributed by atoms with Crippen molar-refractivity contribution in [3.05, 3.63) is 76.4 Å². The maximum atomic E-state index is 13.4. The third-order valence-corrected chi connectivity index (χ3v) is 8.49. The summed E-state index contributed by atoms with van der Waals surface area (Å²) in [6, 6.07) is 19.0. The largest absolute Gasteiger partial charge is 0.351 e. The van der Waals surface area contributed by atoms with Gasteiger partial charge in [-0.15, -0.1) is 0 Å². The summed E-state index contributed by atoms with van der Waals surface area (Å²) < 4.78 is 2.21. The molecule has 3 aromatic rings. The number of halogens is 1. The van der Waals surface area contributed by atoms with Crippen molar-refractivity contribution in [2.24, 2.45) is 0 Å². The van der Waals surface area contributed by atoms with Crippen LogP contribution in [0.25, 0.3) is 11.3 Å². The molecule has 3 fully saturated rings. The number of benzene rings is 2. The number of nitrogens with zero attached hydrogens (tertiary/aromatic N) is 2. The fourth-order valence-electron chi connectivity index (χ4n) is 5.76. The Labute approximate surface area is 212 Å². The topological polar surface area (TPSA) is 59.0 Å². The normalized spacial score (nSPS) is 19.8. The zero-order valence-corrected chi connectivity index (χ0v) is 20.9. The monoisotopic (exact) mass is 488 g/mol. The van der Waals surface area contributed by atoms with Crippen molar-refractivity contribution in [3.63, 3.8) is 0 Å². The van der Waals surface area contributed by atoms with Gasteiger partial charge in [0.2, 0.25) is 0 Å². The van der Waals surface area contributed by atoms with Crippen LogP contribution in [0.5, 0.6) is 0 Å². The first-order chi connectivity index (χ1) is 17.1. The molecule has 2 N–H and O–H groups in total. The van der Waals surface area contributed by atoms with Crippen LogP contribution in [-0.2, 0) is 5.41 Å². The Morgan fingerprint density at radius 3 is 2.51 bits per heavy atom. The molecule has 35 heavy (non-hydrogen) atoms. The molecule has 1 saturated heterocycles. The Bertz CT molecular complexity index is 1210. The molecule has 0 radical (unpaired) electrons. The summed E-state index contributed by atoms with van der Waals surface area (Å²) in [5, 5.41) is 12.0. The molecule has 6 heteroatoms. The molecular formula is C29H33ClN4O. The molecule has 5 nitrogen and oxygen atoms in total. The molecule has 1 amide bonds. The second-order valence-electron chi connectivity index (χ2n) is 10.6. The quantitative estimate of drug-likeness (QED) is 0.438. The first-order valence-electron chi connectivity index (χ1n) is 13.1. The van der Waals surface area contributed by atoms with Gasteiger partial charge in [-0.2, -0.15) is 5.10 Å². The molecule has 2 aliphatic carbocycles. The molecule has 0 unspecified atom stereocenters. The Morgan fingerprint density at radius 2 is 1.83 bits per heavy atom. The number of nitrogens with one attached hydrogen (secondary N) is 2. The van der Waals surface area contributed by atoms with Crippen molar-refractivity contribution < 1.29 is 4.79 Å². The number of carbonyl (C=O) groups is 1. The molecule has 2 saturated carbocycles. The van der Waals surface area contributed by atoms with E-state index in [1.165, 1.54) is 43.4 Å². The number of hydrogen-bond donors (Lipinski definition) is 2. The van der Waals surface area contributed by atoms with Gasteiger partial charge < -0.3 is 10.6 Å². The van der Waals surface area contributed by atoms with Gasteiger partial charge >= 0.3 is 0 Å². The standard InChI is InChI=1S/C29H33ClN4O/c30-25-12-11-21(26-16-27(20-9-10-20)34(33-26)23-17-31-18-23)15-24(25)28(35)32-19-29(13-5-2-6-14-29)22-7-3-1-4-8-22/h1,3-4,7-8,11-12,15-16,20,23,31H,2,5-6,9-10,13-14,17-19H2,(H,32,35). The number of carbonyl (C=O) groups excluding carboxylic acids is 1. The maximum absolute atomic E-state index is 13.4. The maximum Gasteiger partial charge on any atom is 0.252 e. The van der Waals surface area contributed by atoms with E-state index in [0.717, 1.165) is 37.2 Å². The van der Waals surface area contributed by atoms with Crippen LogP contribution in [0.1, 0.15) is 78.5 Å². The number of rotatable bonds is 7. The van der Waals surface area contributed by atoms with E-state index in [9.17, 15) is 4.79 Å². The van der Waals surface area contributed by atoms with Crippen LogP contribution in [0.15, 0.2) is 54.6 Å². The van der Waals surface area contributed by atoms with E-state index in [1.807, 2.05) is 18.2 Å². The molecule has 2 aromatic carbocycles. The van der Waals surface area contributed by atoms with Crippen molar-refractivity contribution in [3.8, 4) is 11.3 Å². The second kappa shape index (κ2) is 9.44. The summed E-state index contributed by atoms with van der Waals surface area (Å²) in [5.74, 6) is 0.513. The fraction of sp³-hybridized carbons (Fsp3) is 0.448. The van der Waals surface area contributed by atoms with Crippen LogP contribution in [0.4, 0.5) is 0 Å². The summed E-state index contributed by atoms with van der Waals surface area (Å²) in [6.45, 7) is 2.57. The zero-order valence-electron chi connectivity index (χ0n) is 20.1. The van der Waals surface area contributed by atoms with Gasteiger partial charge in [-0.05, 0) is 49.4 Å². The molecule has 3 aliphatic rings. The van der Waals surface area contributed by atoms with Gasteiger partial charge in [0.15, 0.2) is 0 Å². The van der Waals surface area contributed by atoms with Crippen molar-refractivity contribution >= 4 is 17.5 Å². The summed E-state index contributed by atoms with van der Waals surface area (Å²) in [6.07, 6.45) is 8.34. The van der Waals surface area contributed by atoms with E-state index in [2.05, 4.69) is 51.7 Å². The van der Waals surface area contributed by atoms with E-state index < -0.39 is 0 Å². The Kier molecular flexibility index (Phi) is 6.15. The lowest BCUT2D eigenvalue weighted by atomic mass is 9.69. The minimum Gasteiger partial charge on any atom is -0.351 e. The lowest BCUT2D eigenvalue weighted by molar-refractivity contribution is 0.0937. The van der Waals surface area contributed by atoms with Crippen LogP contribution >= 0.6 is 11.6 Å². The van der Waals surface area contributed by atoms with E-state index >= 15 is 0 Å². The fourth-order valence-corrected chi connectivity index (χ4v) is 5.97. The third kappa shape index (κ3) is 4.52. The number of hydrogen-bond acceptors (Lipinski definition) is 3. The van der Waals surface area contributed by atoms with Gasteiger partial charge in [0.25, 0.3) is 5.91 Å². The van der Waals surface area contributed by atoms with E-state index in [1.54, 1.807) is 0 Å². The van der Waals surface area contributed by atoms with E-state index in [-0.39, 0.29) is 11.3 Å². The molecule has 0 atom stereocenters. The molecular weight excluding hydrogens is 456 g/mol. The summed E-state index contributed by atoms with van der Waals surface area (Å²) >= 11 is 6.54. The zero-order chi connectivity index (χ0) is 23.8. The lowest BCUT2D eigenvalue weighted by Crippen LogP contribution is -2.44.